The summed E-state index contributed by atoms with van der Waals surface area (Å²) in [6.45, 7) is 3.98. The number of carbonyl (C=O) groups excluding carboxylic acids is 3. The van der Waals surface area contributed by atoms with Gasteiger partial charge in [0.2, 0.25) is 0 Å². The van der Waals surface area contributed by atoms with E-state index in [1.165, 1.54) is 17.4 Å². The lowest BCUT2D eigenvalue weighted by molar-refractivity contribution is -0.139. The maximum absolute atomic E-state index is 16.2. The number of hydrogen-bond acceptors (Lipinski definition) is 8. The predicted octanol–water partition coefficient (Wildman–Crippen LogP) is 4.28. The highest BCUT2D eigenvalue weighted by Gasteiger charge is 2.51. The van der Waals surface area contributed by atoms with Crippen molar-refractivity contribution in [3.63, 3.8) is 0 Å². The van der Waals surface area contributed by atoms with Crippen LogP contribution in [-0.2, 0) is 21.5 Å². The smallest absolute Gasteiger partial charge is 0.310 e. The van der Waals surface area contributed by atoms with Gasteiger partial charge in [0.15, 0.2) is 10.8 Å². The van der Waals surface area contributed by atoms with Gasteiger partial charge in [-0.3, -0.25) is 14.4 Å². The molecule has 3 aromatic rings. The summed E-state index contributed by atoms with van der Waals surface area (Å²) < 4.78 is 16.2. The van der Waals surface area contributed by atoms with Crippen molar-refractivity contribution in [1.82, 2.24) is 20.9 Å². The van der Waals surface area contributed by atoms with E-state index in [1.54, 1.807) is 48.1 Å². The third kappa shape index (κ3) is 7.13. The molecule has 11 heteroatoms. The van der Waals surface area contributed by atoms with Crippen molar-refractivity contribution >= 4 is 46.9 Å². The van der Waals surface area contributed by atoms with Gasteiger partial charge in [-0.1, -0.05) is 36.8 Å². The first-order chi connectivity index (χ1) is 21.8. The minimum atomic E-state index is -0.970. The number of Topliss-reactive ketones (excluding diaryl/α,β-unsaturated/α-hetero) is 1. The average molecular weight is 623 g/mol. The standard InChI is InChI=1S/C34H31FN6O3S/c1-21(34(10-11-34)28-16-22(17-36)15-27(30(28)35)24(18-37)20-40-25-8-9-25)31(42)26-6-3-2-5-23(26)19-41-33(44)32(43)39-12-4-7-29-38-13-14-45-29/h2-3,5-6,13-18,20,25,36-37,40H,1,8-12,19H2,(H,39,43)(H,41,44)/b24-20+,36-17?,37-18?. The van der Waals surface area contributed by atoms with E-state index in [1.807, 2.05) is 0 Å². The van der Waals surface area contributed by atoms with Gasteiger partial charge in [-0.05, 0) is 60.4 Å². The summed E-state index contributed by atoms with van der Waals surface area (Å²) in [6, 6.07) is 10.1. The van der Waals surface area contributed by atoms with Crippen LogP contribution in [0.25, 0.3) is 5.57 Å². The third-order valence-electron chi connectivity index (χ3n) is 7.77. The minimum absolute atomic E-state index is 0.0333. The highest BCUT2D eigenvalue weighted by atomic mass is 32.1. The van der Waals surface area contributed by atoms with Crippen LogP contribution in [0.15, 0.2) is 66.3 Å². The SMILES string of the molecule is C=C(C(=O)c1ccccc1CNC(=O)C(=O)NCC#Cc1nccs1)C1(c2cc(C=N)cc(/C(C=N)=C/NC3CC3)c2F)CC1. The van der Waals surface area contributed by atoms with Crippen molar-refractivity contribution in [3.05, 3.63) is 105 Å². The molecule has 0 spiro atoms. The summed E-state index contributed by atoms with van der Waals surface area (Å²) in [5.41, 5.74) is 1.20. The Balaban J connectivity index is 1.31. The van der Waals surface area contributed by atoms with Crippen LogP contribution >= 0.6 is 11.3 Å². The Kier molecular flexibility index (Phi) is 9.45. The fraction of sp³-hybridized carbons (Fsp3) is 0.235. The Morgan fingerprint density at radius 1 is 1.11 bits per heavy atom. The zero-order valence-electron chi connectivity index (χ0n) is 24.3. The number of amides is 2. The van der Waals surface area contributed by atoms with Crippen LogP contribution in [0.1, 0.15) is 63.3 Å². The number of thiazole rings is 1. The van der Waals surface area contributed by atoms with Crippen LogP contribution in [0.3, 0.4) is 0 Å². The molecule has 2 amide bonds. The van der Waals surface area contributed by atoms with Crippen molar-refractivity contribution in [2.45, 2.75) is 43.7 Å². The number of allylic oxidation sites excluding steroid dienone is 2. The molecule has 45 heavy (non-hydrogen) atoms. The minimum Gasteiger partial charge on any atom is -0.388 e. The van der Waals surface area contributed by atoms with Gasteiger partial charge in [-0.25, -0.2) is 9.37 Å². The fourth-order valence-corrected chi connectivity index (χ4v) is 5.45. The fourth-order valence-electron chi connectivity index (χ4n) is 4.94. The molecule has 2 aromatic carbocycles. The molecule has 5 N–H and O–H groups in total. The van der Waals surface area contributed by atoms with Crippen LogP contribution in [-0.4, -0.2) is 47.6 Å². The molecule has 0 aliphatic heterocycles. The molecule has 0 bridgehead atoms. The lowest BCUT2D eigenvalue weighted by Gasteiger charge is -2.22. The van der Waals surface area contributed by atoms with E-state index in [0.717, 1.165) is 25.3 Å². The molecule has 0 saturated heterocycles. The molecule has 0 atom stereocenters. The van der Waals surface area contributed by atoms with Crippen LogP contribution in [0.4, 0.5) is 4.39 Å². The third-order valence-corrected chi connectivity index (χ3v) is 8.46. The number of nitrogens with zero attached hydrogens (tertiary/aromatic N) is 1. The molecule has 0 radical (unpaired) electrons. The van der Waals surface area contributed by atoms with Crippen molar-refractivity contribution < 1.29 is 18.8 Å². The first-order valence-corrected chi connectivity index (χ1v) is 15.2. The number of benzene rings is 2. The van der Waals surface area contributed by atoms with Crippen LogP contribution in [0.5, 0.6) is 0 Å². The number of nitrogens with one attached hydrogen (secondary N) is 5. The Hall–Kier alpha value is -5.21. The molecule has 228 valence electrons. The first-order valence-electron chi connectivity index (χ1n) is 14.4. The second-order valence-corrected chi connectivity index (χ2v) is 11.7. The summed E-state index contributed by atoms with van der Waals surface area (Å²) in [4.78, 5) is 42.6. The second-order valence-electron chi connectivity index (χ2n) is 10.8. The number of halogens is 1. The quantitative estimate of drug-likeness (QED) is 0.0673. The summed E-state index contributed by atoms with van der Waals surface area (Å²) in [6.07, 6.45) is 8.45. The van der Waals surface area contributed by atoms with Crippen molar-refractivity contribution in [3.8, 4) is 11.8 Å². The molecule has 2 aliphatic carbocycles. The van der Waals surface area contributed by atoms with Gasteiger partial charge in [0, 0.05) is 70.5 Å². The van der Waals surface area contributed by atoms with Crippen molar-refractivity contribution in [2.24, 2.45) is 0 Å². The van der Waals surface area contributed by atoms with E-state index >= 15 is 4.39 Å². The van der Waals surface area contributed by atoms with E-state index in [0.29, 0.717) is 40.6 Å². The maximum Gasteiger partial charge on any atom is 0.310 e. The molecule has 2 aliphatic rings. The lowest BCUT2D eigenvalue weighted by Crippen LogP contribution is -2.39. The number of aromatic nitrogens is 1. The molecule has 1 aromatic heterocycles. The second kappa shape index (κ2) is 13.6. The number of ketones is 1. The number of rotatable bonds is 12. The van der Waals surface area contributed by atoms with Gasteiger partial charge in [-0.2, -0.15) is 0 Å². The van der Waals surface area contributed by atoms with E-state index in [9.17, 15) is 14.4 Å². The van der Waals surface area contributed by atoms with Crippen molar-refractivity contribution in [2.75, 3.05) is 6.54 Å². The first kappa shape index (κ1) is 31.2. The summed E-state index contributed by atoms with van der Waals surface area (Å²) >= 11 is 1.36. The Morgan fingerprint density at radius 2 is 1.87 bits per heavy atom. The molecule has 5 rings (SSSR count). The summed E-state index contributed by atoms with van der Waals surface area (Å²) in [7, 11) is 0. The summed E-state index contributed by atoms with van der Waals surface area (Å²) in [5.74, 6) is 2.81. The van der Waals surface area contributed by atoms with Gasteiger partial charge in [-0.15, -0.1) is 11.3 Å². The number of hydrogen-bond donors (Lipinski definition) is 5. The Labute approximate surface area is 264 Å². The van der Waals surface area contributed by atoms with E-state index in [-0.39, 0.29) is 35.4 Å². The maximum atomic E-state index is 16.2. The highest BCUT2D eigenvalue weighted by Crippen LogP contribution is 2.55. The van der Waals surface area contributed by atoms with E-state index in [4.69, 9.17) is 10.8 Å². The molecule has 1 heterocycles. The van der Waals surface area contributed by atoms with Crippen LogP contribution in [0, 0.1) is 28.5 Å². The van der Waals surface area contributed by atoms with E-state index in [2.05, 4.69) is 39.4 Å². The van der Waals surface area contributed by atoms with Gasteiger partial charge in [0.1, 0.15) is 5.82 Å². The predicted molar refractivity (Wildman–Crippen MR) is 172 cm³/mol. The molecule has 2 saturated carbocycles. The largest absolute Gasteiger partial charge is 0.388 e. The Morgan fingerprint density at radius 3 is 2.53 bits per heavy atom. The molecular formula is C34H31FN6O3S. The van der Waals surface area contributed by atoms with E-state index < -0.39 is 28.8 Å². The molecule has 0 unspecified atom stereocenters. The molecule has 2 fully saturated rings. The van der Waals surface area contributed by atoms with Gasteiger partial charge in [0.05, 0.1) is 6.54 Å². The summed E-state index contributed by atoms with van der Waals surface area (Å²) in [5, 5.41) is 26.3. The normalized spacial score (nSPS) is 14.7. The average Bonchev–Trinajstić information content (AvgIpc) is 4.00. The Bertz CT molecular complexity index is 1780. The van der Waals surface area contributed by atoms with Gasteiger partial charge in [0.25, 0.3) is 0 Å². The molecular weight excluding hydrogens is 591 g/mol. The lowest BCUT2D eigenvalue weighted by atomic mass is 9.81. The van der Waals surface area contributed by atoms with Gasteiger partial charge < -0.3 is 26.8 Å². The van der Waals surface area contributed by atoms with Gasteiger partial charge >= 0.3 is 11.8 Å². The highest BCUT2D eigenvalue weighted by molar-refractivity contribution is 7.10. The zero-order valence-corrected chi connectivity index (χ0v) is 25.2. The van der Waals surface area contributed by atoms with Crippen LogP contribution < -0.4 is 16.0 Å². The molecule has 9 nitrogen and oxygen atoms in total. The number of carbonyl (C=O) groups is 3. The zero-order chi connectivity index (χ0) is 32.0. The topological polar surface area (TPSA) is 148 Å². The van der Waals surface area contributed by atoms with Crippen LogP contribution in [0.2, 0.25) is 0 Å². The van der Waals surface area contributed by atoms with Crippen molar-refractivity contribution in [1.29, 1.82) is 10.8 Å². The monoisotopic (exact) mass is 622 g/mol.